The number of aryl methyl sites for hydroxylation is 1. The van der Waals surface area contributed by atoms with Gasteiger partial charge in [0, 0.05) is 6.42 Å². The van der Waals surface area contributed by atoms with Crippen LogP contribution in [0, 0.1) is 22.7 Å². The van der Waals surface area contributed by atoms with Gasteiger partial charge < -0.3 is 4.42 Å². The van der Waals surface area contributed by atoms with E-state index in [4.69, 9.17) is 14.9 Å². The third-order valence-corrected chi connectivity index (χ3v) is 2.40. The molecule has 0 fully saturated rings. The maximum absolute atomic E-state index is 8.57. The second-order valence-electron chi connectivity index (χ2n) is 3.84. The number of hydrazone groups is 1. The summed E-state index contributed by atoms with van der Waals surface area (Å²) in [5, 5.41) is 20.8. The number of anilines is 1. The van der Waals surface area contributed by atoms with Gasteiger partial charge in [-0.1, -0.05) is 6.92 Å². The number of fused-ring (bicyclic) bond motifs is 1. The lowest BCUT2D eigenvalue weighted by Gasteiger charge is -1.97. The second kappa shape index (κ2) is 5.65. The predicted octanol–water partition coefficient (Wildman–Crippen LogP) is 2.60. The third kappa shape index (κ3) is 2.88. The van der Waals surface area contributed by atoms with Gasteiger partial charge in [0.15, 0.2) is 11.5 Å². The Morgan fingerprint density at radius 2 is 2.21 bits per heavy atom. The van der Waals surface area contributed by atoms with E-state index in [1.165, 1.54) is 0 Å². The van der Waals surface area contributed by atoms with Gasteiger partial charge in [-0.25, -0.2) is 4.98 Å². The van der Waals surface area contributed by atoms with Crippen molar-refractivity contribution in [3.05, 3.63) is 24.1 Å². The Morgan fingerprint density at radius 1 is 1.42 bits per heavy atom. The highest BCUT2D eigenvalue weighted by Crippen LogP contribution is 2.20. The molecule has 0 saturated heterocycles. The standard InChI is InChI=1S/C13H11N5O/c1-2-3-13-16-11-6-9(4-5-12(11)19-13)17-18-10(7-14)8-15/h4-6,17H,2-3H2,1H3. The summed E-state index contributed by atoms with van der Waals surface area (Å²) in [4.78, 5) is 4.35. The van der Waals surface area contributed by atoms with Crippen LogP contribution in [-0.4, -0.2) is 10.7 Å². The molecule has 0 unspecified atom stereocenters. The molecule has 94 valence electrons. The minimum absolute atomic E-state index is 0.230. The fraction of sp³-hybridized carbons (Fsp3) is 0.231. The van der Waals surface area contributed by atoms with Gasteiger partial charge in [0.25, 0.3) is 0 Å². The first-order chi connectivity index (χ1) is 9.26. The van der Waals surface area contributed by atoms with E-state index in [1.54, 1.807) is 30.3 Å². The Kier molecular flexibility index (Phi) is 3.75. The number of nitriles is 2. The van der Waals surface area contributed by atoms with E-state index in [0.717, 1.165) is 18.4 Å². The summed E-state index contributed by atoms with van der Waals surface area (Å²) in [5.41, 5.74) is 4.49. The monoisotopic (exact) mass is 253 g/mol. The lowest BCUT2D eigenvalue weighted by Crippen LogP contribution is -1.96. The molecule has 1 heterocycles. The molecular formula is C13H11N5O. The van der Waals surface area contributed by atoms with Gasteiger partial charge in [-0.3, -0.25) is 5.43 Å². The molecule has 0 radical (unpaired) electrons. The normalized spacial score (nSPS) is 9.63. The molecule has 0 bridgehead atoms. The van der Waals surface area contributed by atoms with Crippen molar-refractivity contribution in [2.45, 2.75) is 19.8 Å². The van der Waals surface area contributed by atoms with E-state index in [0.29, 0.717) is 17.2 Å². The molecule has 0 saturated carbocycles. The van der Waals surface area contributed by atoms with Gasteiger partial charge >= 0.3 is 0 Å². The highest BCUT2D eigenvalue weighted by atomic mass is 16.3. The summed E-state index contributed by atoms with van der Waals surface area (Å²) in [7, 11) is 0. The van der Waals surface area contributed by atoms with E-state index in [1.807, 2.05) is 0 Å². The van der Waals surface area contributed by atoms with Crippen LogP contribution in [0.4, 0.5) is 5.69 Å². The number of rotatable bonds is 4. The van der Waals surface area contributed by atoms with Crippen LogP contribution < -0.4 is 5.43 Å². The highest BCUT2D eigenvalue weighted by molar-refractivity contribution is 6.10. The lowest BCUT2D eigenvalue weighted by atomic mass is 10.3. The zero-order valence-corrected chi connectivity index (χ0v) is 10.3. The van der Waals surface area contributed by atoms with E-state index in [-0.39, 0.29) is 5.71 Å². The van der Waals surface area contributed by atoms with Crippen molar-refractivity contribution in [1.29, 1.82) is 10.5 Å². The number of benzene rings is 1. The number of nitrogens with zero attached hydrogens (tertiary/aromatic N) is 4. The summed E-state index contributed by atoms with van der Waals surface area (Å²) in [5.74, 6) is 0.702. The molecule has 1 aromatic heterocycles. The van der Waals surface area contributed by atoms with Crippen molar-refractivity contribution >= 4 is 22.5 Å². The number of oxazole rings is 1. The van der Waals surface area contributed by atoms with E-state index in [9.17, 15) is 0 Å². The van der Waals surface area contributed by atoms with Gasteiger partial charge in [0.05, 0.1) is 5.69 Å². The second-order valence-corrected chi connectivity index (χ2v) is 3.84. The van der Waals surface area contributed by atoms with Gasteiger partial charge in [0.1, 0.15) is 17.7 Å². The first-order valence-electron chi connectivity index (χ1n) is 5.80. The van der Waals surface area contributed by atoms with E-state index < -0.39 is 0 Å². The molecule has 6 nitrogen and oxygen atoms in total. The maximum atomic E-state index is 8.57. The zero-order valence-electron chi connectivity index (χ0n) is 10.3. The Morgan fingerprint density at radius 3 is 2.89 bits per heavy atom. The number of hydrogen-bond acceptors (Lipinski definition) is 6. The summed E-state index contributed by atoms with van der Waals surface area (Å²) >= 11 is 0. The minimum Gasteiger partial charge on any atom is -0.441 e. The molecule has 2 aromatic rings. The Hall–Kier alpha value is -2.86. The molecule has 0 amide bonds. The molecule has 0 aliphatic heterocycles. The van der Waals surface area contributed by atoms with Crippen molar-refractivity contribution in [2.24, 2.45) is 5.10 Å². The molecule has 0 aliphatic rings. The first kappa shape index (κ1) is 12.6. The smallest absolute Gasteiger partial charge is 0.237 e. The molecule has 1 aromatic carbocycles. The van der Waals surface area contributed by atoms with Crippen LogP contribution in [0.2, 0.25) is 0 Å². The van der Waals surface area contributed by atoms with E-state index >= 15 is 0 Å². The van der Waals surface area contributed by atoms with Crippen molar-refractivity contribution in [1.82, 2.24) is 4.98 Å². The third-order valence-electron chi connectivity index (χ3n) is 2.40. The number of aromatic nitrogens is 1. The van der Waals surface area contributed by atoms with Crippen LogP contribution in [0.5, 0.6) is 0 Å². The molecule has 1 N–H and O–H groups in total. The fourth-order valence-corrected chi connectivity index (χ4v) is 1.56. The Balaban J connectivity index is 2.25. The highest BCUT2D eigenvalue weighted by Gasteiger charge is 2.05. The lowest BCUT2D eigenvalue weighted by molar-refractivity contribution is 0.525. The van der Waals surface area contributed by atoms with Crippen LogP contribution in [-0.2, 0) is 6.42 Å². The Bertz CT molecular complexity index is 686. The zero-order chi connectivity index (χ0) is 13.7. The molecule has 0 spiro atoms. The van der Waals surface area contributed by atoms with Crippen LogP contribution >= 0.6 is 0 Å². The van der Waals surface area contributed by atoms with Gasteiger partial charge in [-0.2, -0.15) is 15.6 Å². The van der Waals surface area contributed by atoms with Crippen LogP contribution in [0.15, 0.2) is 27.7 Å². The first-order valence-corrected chi connectivity index (χ1v) is 5.80. The van der Waals surface area contributed by atoms with Crippen LogP contribution in [0.1, 0.15) is 19.2 Å². The van der Waals surface area contributed by atoms with Gasteiger partial charge in [-0.05, 0) is 24.6 Å². The quantitative estimate of drug-likeness (QED) is 0.667. The fourth-order valence-electron chi connectivity index (χ4n) is 1.56. The van der Waals surface area contributed by atoms with Gasteiger partial charge in [0.2, 0.25) is 5.71 Å². The molecule has 6 heteroatoms. The Labute approximate surface area is 110 Å². The average molecular weight is 253 g/mol. The topological polar surface area (TPSA) is 98.0 Å². The van der Waals surface area contributed by atoms with Crippen molar-refractivity contribution in [3.63, 3.8) is 0 Å². The predicted molar refractivity (Wildman–Crippen MR) is 70.3 cm³/mol. The van der Waals surface area contributed by atoms with Crippen LogP contribution in [0.3, 0.4) is 0 Å². The molecule has 0 atom stereocenters. The SMILES string of the molecule is CCCc1nc2cc(NN=C(C#N)C#N)ccc2o1. The van der Waals surface area contributed by atoms with Crippen molar-refractivity contribution in [3.8, 4) is 12.1 Å². The molecule has 19 heavy (non-hydrogen) atoms. The molecule has 2 rings (SSSR count). The van der Waals surface area contributed by atoms with Crippen LogP contribution in [0.25, 0.3) is 11.1 Å². The largest absolute Gasteiger partial charge is 0.441 e. The minimum atomic E-state index is -0.230. The average Bonchev–Trinajstić information content (AvgIpc) is 2.82. The molecule has 0 aliphatic carbocycles. The number of hydrogen-bond donors (Lipinski definition) is 1. The summed E-state index contributed by atoms with van der Waals surface area (Å²) in [6, 6.07) is 8.63. The van der Waals surface area contributed by atoms with Gasteiger partial charge in [-0.15, -0.1) is 0 Å². The molecular weight excluding hydrogens is 242 g/mol. The van der Waals surface area contributed by atoms with Crippen molar-refractivity contribution in [2.75, 3.05) is 5.43 Å². The van der Waals surface area contributed by atoms with E-state index in [2.05, 4.69) is 22.4 Å². The maximum Gasteiger partial charge on any atom is 0.237 e. The summed E-state index contributed by atoms with van der Waals surface area (Å²) in [6.07, 6.45) is 1.76. The summed E-state index contributed by atoms with van der Waals surface area (Å²) < 4.78 is 5.55. The summed E-state index contributed by atoms with van der Waals surface area (Å²) in [6.45, 7) is 2.06. The number of nitrogens with one attached hydrogen (secondary N) is 1. The van der Waals surface area contributed by atoms with Crippen molar-refractivity contribution < 1.29 is 4.42 Å².